The van der Waals surface area contributed by atoms with Gasteiger partial charge in [-0.2, -0.15) is 0 Å². The Balaban J connectivity index is 1.98. The SMILES string of the molecule is CCCNc1ncc(COc2cccc(S(C)(=O)=O)c2)s1. The molecule has 0 aliphatic rings. The van der Waals surface area contributed by atoms with Crippen molar-refractivity contribution < 1.29 is 13.2 Å². The van der Waals surface area contributed by atoms with Crippen LogP contribution < -0.4 is 10.1 Å². The second-order valence-corrected chi connectivity index (χ2v) is 7.73. The molecule has 0 bridgehead atoms. The van der Waals surface area contributed by atoms with Gasteiger partial charge in [0, 0.05) is 19.0 Å². The molecule has 0 aliphatic carbocycles. The van der Waals surface area contributed by atoms with Crippen LogP contribution in [0.15, 0.2) is 35.4 Å². The van der Waals surface area contributed by atoms with Crippen molar-refractivity contribution in [3.8, 4) is 5.75 Å². The monoisotopic (exact) mass is 326 g/mol. The maximum absolute atomic E-state index is 11.5. The van der Waals surface area contributed by atoms with Crippen molar-refractivity contribution in [2.24, 2.45) is 0 Å². The molecule has 0 fully saturated rings. The number of hydrogen-bond donors (Lipinski definition) is 1. The summed E-state index contributed by atoms with van der Waals surface area (Å²) in [6.45, 7) is 3.36. The first-order valence-corrected chi connectivity index (χ1v) is 9.31. The van der Waals surface area contributed by atoms with Crippen LogP contribution in [0.3, 0.4) is 0 Å². The van der Waals surface area contributed by atoms with Crippen molar-refractivity contribution >= 4 is 26.3 Å². The van der Waals surface area contributed by atoms with Crippen molar-refractivity contribution in [1.82, 2.24) is 4.98 Å². The first kappa shape index (κ1) is 15.8. The number of hydrogen-bond acceptors (Lipinski definition) is 6. The Bertz CT molecular complexity index is 696. The normalized spacial score (nSPS) is 11.3. The highest BCUT2D eigenvalue weighted by molar-refractivity contribution is 7.90. The standard InChI is InChI=1S/C14H18N2O3S2/c1-3-7-15-14-16-9-12(20-14)10-19-11-5-4-6-13(8-11)21(2,17)18/h4-6,8-9H,3,7,10H2,1-2H3,(H,15,16). The van der Waals surface area contributed by atoms with E-state index in [2.05, 4.69) is 17.2 Å². The van der Waals surface area contributed by atoms with E-state index in [0.717, 1.165) is 23.0 Å². The summed E-state index contributed by atoms with van der Waals surface area (Å²) in [4.78, 5) is 5.50. The molecule has 0 saturated heterocycles. The first-order valence-electron chi connectivity index (χ1n) is 6.60. The fourth-order valence-electron chi connectivity index (χ4n) is 1.64. The van der Waals surface area contributed by atoms with E-state index >= 15 is 0 Å². The van der Waals surface area contributed by atoms with Crippen molar-refractivity contribution in [2.75, 3.05) is 18.1 Å². The Morgan fingerprint density at radius 1 is 1.38 bits per heavy atom. The molecule has 7 heteroatoms. The highest BCUT2D eigenvalue weighted by Gasteiger charge is 2.08. The van der Waals surface area contributed by atoms with Crippen LogP contribution in [-0.4, -0.2) is 26.2 Å². The molecule has 1 aromatic carbocycles. The predicted molar refractivity (Wildman–Crippen MR) is 84.8 cm³/mol. The van der Waals surface area contributed by atoms with Crippen molar-refractivity contribution in [1.29, 1.82) is 0 Å². The predicted octanol–water partition coefficient (Wildman–Crippen LogP) is 2.95. The number of benzene rings is 1. The third kappa shape index (κ3) is 4.71. The Labute approximate surface area is 128 Å². The number of nitrogens with zero attached hydrogens (tertiary/aromatic N) is 1. The number of ether oxygens (including phenoxy) is 1. The minimum absolute atomic E-state index is 0.259. The third-order valence-corrected chi connectivity index (χ3v) is 4.73. The summed E-state index contributed by atoms with van der Waals surface area (Å²) in [5, 5.41) is 4.09. The highest BCUT2D eigenvalue weighted by atomic mass is 32.2. The van der Waals surface area contributed by atoms with E-state index in [1.165, 1.54) is 23.7 Å². The van der Waals surface area contributed by atoms with E-state index in [1.54, 1.807) is 24.4 Å². The molecule has 1 aromatic heterocycles. The molecule has 0 aliphatic heterocycles. The molecule has 2 rings (SSSR count). The molecule has 5 nitrogen and oxygen atoms in total. The van der Waals surface area contributed by atoms with Crippen LogP contribution in [0, 0.1) is 0 Å². The Hall–Kier alpha value is -1.60. The van der Waals surface area contributed by atoms with Crippen molar-refractivity contribution in [3.05, 3.63) is 35.3 Å². The van der Waals surface area contributed by atoms with Gasteiger partial charge in [0.2, 0.25) is 0 Å². The second-order valence-electron chi connectivity index (χ2n) is 4.59. The van der Waals surface area contributed by atoms with Crippen LogP contribution in [0.4, 0.5) is 5.13 Å². The van der Waals surface area contributed by atoms with E-state index in [0.29, 0.717) is 12.4 Å². The Morgan fingerprint density at radius 2 is 2.19 bits per heavy atom. The largest absolute Gasteiger partial charge is 0.488 e. The summed E-state index contributed by atoms with van der Waals surface area (Å²) < 4.78 is 28.6. The average Bonchev–Trinajstić information content (AvgIpc) is 2.90. The molecule has 0 spiro atoms. The lowest BCUT2D eigenvalue weighted by Gasteiger charge is -2.05. The van der Waals surface area contributed by atoms with Gasteiger partial charge in [0.25, 0.3) is 0 Å². The van der Waals surface area contributed by atoms with Gasteiger partial charge in [0.1, 0.15) is 12.4 Å². The fourth-order valence-corrected chi connectivity index (χ4v) is 3.04. The number of anilines is 1. The number of thiazole rings is 1. The van der Waals surface area contributed by atoms with E-state index < -0.39 is 9.84 Å². The van der Waals surface area contributed by atoms with Gasteiger partial charge in [-0.3, -0.25) is 0 Å². The van der Waals surface area contributed by atoms with E-state index in [-0.39, 0.29) is 4.90 Å². The number of aromatic nitrogens is 1. The van der Waals surface area contributed by atoms with Gasteiger partial charge in [0.05, 0.1) is 9.77 Å². The number of sulfone groups is 1. The topological polar surface area (TPSA) is 68.3 Å². The zero-order valence-corrected chi connectivity index (χ0v) is 13.6. The average molecular weight is 326 g/mol. The molecule has 0 unspecified atom stereocenters. The van der Waals surface area contributed by atoms with Gasteiger partial charge in [-0.05, 0) is 24.6 Å². The van der Waals surface area contributed by atoms with E-state index in [1.807, 2.05) is 0 Å². The molecular weight excluding hydrogens is 308 g/mol. The number of rotatable bonds is 7. The number of nitrogens with one attached hydrogen (secondary N) is 1. The highest BCUT2D eigenvalue weighted by Crippen LogP contribution is 2.22. The summed E-state index contributed by atoms with van der Waals surface area (Å²) in [7, 11) is -3.21. The molecule has 114 valence electrons. The zero-order chi connectivity index (χ0) is 15.3. The lowest BCUT2D eigenvalue weighted by Crippen LogP contribution is -1.98. The van der Waals surface area contributed by atoms with Crippen LogP contribution in [0.5, 0.6) is 5.75 Å². The Kier molecular flexibility index (Phi) is 5.19. The van der Waals surface area contributed by atoms with Gasteiger partial charge in [-0.25, -0.2) is 13.4 Å². The fraction of sp³-hybridized carbons (Fsp3) is 0.357. The van der Waals surface area contributed by atoms with E-state index in [4.69, 9.17) is 4.74 Å². The zero-order valence-electron chi connectivity index (χ0n) is 12.0. The molecule has 0 amide bonds. The van der Waals surface area contributed by atoms with Crippen molar-refractivity contribution in [2.45, 2.75) is 24.8 Å². The quantitative estimate of drug-likeness (QED) is 0.847. The van der Waals surface area contributed by atoms with Crippen LogP contribution in [0.2, 0.25) is 0 Å². The Morgan fingerprint density at radius 3 is 2.90 bits per heavy atom. The molecule has 1 heterocycles. The lowest BCUT2D eigenvalue weighted by atomic mass is 10.3. The molecule has 2 aromatic rings. The van der Waals surface area contributed by atoms with Crippen LogP contribution in [0.1, 0.15) is 18.2 Å². The van der Waals surface area contributed by atoms with Crippen molar-refractivity contribution in [3.63, 3.8) is 0 Å². The summed E-state index contributed by atoms with van der Waals surface area (Å²) in [5.74, 6) is 0.536. The van der Waals surface area contributed by atoms with Gasteiger partial charge in [-0.1, -0.05) is 24.3 Å². The molecule has 0 radical (unpaired) electrons. The molecule has 21 heavy (non-hydrogen) atoms. The summed E-state index contributed by atoms with van der Waals surface area (Å²) >= 11 is 1.54. The van der Waals surface area contributed by atoms with Gasteiger partial charge in [0.15, 0.2) is 15.0 Å². The van der Waals surface area contributed by atoms with Gasteiger partial charge < -0.3 is 10.1 Å². The van der Waals surface area contributed by atoms with Crippen LogP contribution >= 0.6 is 11.3 Å². The molecular formula is C14H18N2O3S2. The minimum Gasteiger partial charge on any atom is -0.488 e. The smallest absolute Gasteiger partial charge is 0.182 e. The minimum atomic E-state index is -3.21. The van der Waals surface area contributed by atoms with Gasteiger partial charge >= 0.3 is 0 Å². The first-order chi connectivity index (χ1) is 9.99. The molecule has 0 saturated carbocycles. The van der Waals surface area contributed by atoms with Crippen LogP contribution in [-0.2, 0) is 16.4 Å². The third-order valence-electron chi connectivity index (χ3n) is 2.69. The summed E-state index contributed by atoms with van der Waals surface area (Å²) in [6, 6.07) is 6.51. The van der Waals surface area contributed by atoms with E-state index in [9.17, 15) is 8.42 Å². The maximum atomic E-state index is 11.5. The molecule has 0 atom stereocenters. The van der Waals surface area contributed by atoms with Gasteiger partial charge in [-0.15, -0.1) is 0 Å². The lowest BCUT2D eigenvalue weighted by molar-refractivity contribution is 0.308. The summed E-state index contributed by atoms with van der Waals surface area (Å²) in [5.41, 5.74) is 0. The second kappa shape index (κ2) is 6.91. The summed E-state index contributed by atoms with van der Waals surface area (Å²) in [6.07, 6.45) is 3.99. The molecule has 1 N–H and O–H groups in total. The maximum Gasteiger partial charge on any atom is 0.182 e. The van der Waals surface area contributed by atoms with Crippen LogP contribution in [0.25, 0.3) is 0 Å².